The molecule has 0 spiro atoms. The molecule has 0 aliphatic rings. The second kappa shape index (κ2) is 131. The van der Waals surface area contributed by atoms with E-state index in [1.54, 1.807) is 0 Å². The van der Waals surface area contributed by atoms with Crippen LogP contribution >= 0.6 is 0 Å². The Kier molecular flexibility index (Phi) is 4770. The van der Waals surface area contributed by atoms with E-state index in [4.69, 9.17) is 0 Å². The topological polar surface area (TPSA) is 114 Å². The maximum Gasteiger partial charge on any atom is 5.00 e. The molecule has 0 atom stereocenters. The second-order valence-electron chi connectivity index (χ2n) is 0. The Morgan fingerprint density at radius 1 is 0.500 bits per heavy atom. The van der Waals surface area contributed by atoms with Crippen LogP contribution in [0.25, 0.3) is 0 Å². The van der Waals surface area contributed by atoms with Crippen molar-refractivity contribution in [2.45, 2.75) is 0 Å². The van der Waals surface area contributed by atoms with Crippen LogP contribution in [0.5, 0.6) is 0 Å². The van der Waals surface area contributed by atoms with E-state index < -0.39 is 0 Å². The van der Waals surface area contributed by atoms with Crippen molar-refractivity contribution in [2.75, 3.05) is 0 Å². The van der Waals surface area contributed by atoms with Crippen molar-refractivity contribution in [3.05, 3.63) is 0 Å². The van der Waals surface area contributed by atoms with E-state index in [9.17, 15) is 0 Å². The molecule has 0 fully saturated rings. The monoisotopic (exact) mass is 213 g/mol. The van der Waals surface area contributed by atoms with E-state index in [0.29, 0.717) is 0 Å². The van der Waals surface area contributed by atoms with Gasteiger partial charge in [-0.1, -0.05) is 0 Å². The minimum Gasteiger partial charge on any atom is -2.00 e. The van der Waals surface area contributed by atoms with Gasteiger partial charge in [0.2, 0.25) is 0 Å². The van der Waals surface area contributed by atoms with E-state index in [1.807, 2.05) is 0 Å². The number of hydrogen-bond acceptors (Lipinski definition) is 0. The first kappa shape index (κ1) is 218. The fourth-order valence-electron chi connectivity index (χ4n) is 0. The third kappa shape index (κ3) is 70.9. The summed E-state index contributed by atoms with van der Waals surface area (Å²) in [4.78, 5) is 0. The van der Waals surface area contributed by atoms with Gasteiger partial charge in [-0.2, -0.15) is 0 Å². The summed E-state index contributed by atoms with van der Waals surface area (Å²) in [5, 5.41) is 0. The third-order valence-corrected chi connectivity index (χ3v) is 0. The van der Waals surface area contributed by atoms with Crippen LogP contribution in [0.4, 0.5) is 0 Å². The summed E-state index contributed by atoms with van der Waals surface area (Å²) in [6.45, 7) is 0. The Labute approximate surface area is 61.5 Å². The van der Waals surface area contributed by atoms with Crippen molar-refractivity contribution in [2.24, 2.45) is 0 Å². The van der Waals surface area contributed by atoms with Crippen molar-refractivity contribution < 1.29 is 61.4 Å². The molecule has 37 valence electrons. The molecule has 0 saturated heterocycles. The summed E-state index contributed by atoms with van der Waals surface area (Å²) in [6.07, 6.45) is 0. The van der Waals surface area contributed by atoms with E-state index in [1.165, 1.54) is 0 Å². The van der Waals surface area contributed by atoms with Crippen molar-refractivity contribution in [1.29, 1.82) is 0 Å². The number of rotatable bonds is 0. The summed E-state index contributed by atoms with van der Waals surface area (Å²) in [7, 11) is 0. The maximum atomic E-state index is 0. The molecule has 1 radical (unpaired) electrons. The standard InChI is InChI=1S/Fe.Nb.4O/q+3;+5;4*-2. The van der Waals surface area contributed by atoms with Crippen LogP contribution in [-0.4, -0.2) is 0 Å². The van der Waals surface area contributed by atoms with Gasteiger partial charge in [0.15, 0.2) is 0 Å². The largest absolute Gasteiger partial charge is 5.00 e. The summed E-state index contributed by atoms with van der Waals surface area (Å²) < 4.78 is 0. The van der Waals surface area contributed by atoms with Crippen LogP contribution in [0.3, 0.4) is 0 Å². The molecule has 0 amide bonds. The second-order valence-corrected chi connectivity index (χ2v) is 0. The average Bonchev–Trinajstić information content (AvgIpc) is 0. The average molecular weight is 213 g/mol. The van der Waals surface area contributed by atoms with Gasteiger partial charge >= 0.3 is 39.4 Å². The summed E-state index contributed by atoms with van der Waals surface area (Å²) in [6, 6.07) is 0. The van der Waals surface area contributed by atoms with Gasteiger partial charge < -0.3 is 21.9 Å². The van der Waals surface area contributed by atoms with Crippen molar-refractivity contribution in [3.8, 4) is 0 Å². The minimum atomic E-state index is 0. The van der Waals surface area contributed by atoms with Crippen LogP contribution < -0.4 is 0 Å². The van der Waals surface area contributed by atoms with Crippen molar-refractivity contribution in [1.82, 2.24) is 0 Å². The molecule has 0 aromatic heterocycles. The first-order valence-corrected chi connectivity index (χ1v) is 0. The Bertz CT molecular complexity index is 7.51. The SMILES string of the molecule is [Fe+3].[Nb+5].[O-2].[O-2].[O-2].[O-2]. The van der Waals surface area contributed by atoms with Gasteiger partial charge in [-0.25, -0.2) is 0 Å². The van der Waals surface area contributed by atoms with E-state index in [-0.39, 0.29) is 61.4 Å². The zero-order valence-electron chi connectivity index (χ0n) is 2.43. The Hall–Kier alpha value is 1.10. The fourth-order valence-corrected chi connectivity index (χ4v) is 0. The fraction of sp³-hybridized carbons (Fsp3) is 0. The van der Waals surface area contributed by atoms with Gasteiger partial charge in [-0.05, 0) is 0 Å². The zero-order valence-corrected chi connectivity index (χ0v) is 5.74. The predicted octanol–water partition coefficient (Wildman–Crippen LogP) is -0.480. The van der Waals surface area contributed by atoms with Gasteiger partial charge in [0.1, 0.15) is 0 Å². The van der Waals surface area contributed by atoms with E-state index >= 15 is 0 Å². The van der Waals surface area contributed by atoms with Crippen molar-refractivity contribution in [3.63, 3.8) is 0 Å². The van der Waals surface area contributed by atoms with Gasteiger partial charge in [0, 0.05) is 0 Å². The molecule has 0 saturated carbocycles. The molecule has 6 heavy (non-hydrogen) atoms. The molecule has 6 heteroatoms. The molecule has 0 aliphatic carbocycles. The Balaban J connectivity index is 0. The molecule has 0 bridgehead atoms. The predicted molar refractivity (Wildman–Crippen MR) is 2.75 cm³/mol. The van der Waals surface area contributed by atoms with Crippen LogP contribution in [0.1, 0.15) is 0 Å². The van der Waals surface area contributed by atoms with Crippen LogP contribution in [0.2, 0.25) is 0 Å². The molecule has 0 aromatic carbocycles. The normalized spacial score (nSPS) is 0. The third-order valence-electron chi connectivity index (χ3n) is 0. The molecule has 0 aliphatic heterocycles. The van der Waals surface area contributed by atoms with Gasteiger partial charge in [-0.15, -0.1) is 0 Å². The molecular formula is FeNbO4. The molecular weight excluding hydrogens is 213 g/mol. The maximum absolute atomic E-state index is 0. The molecule has 0 N–H and O–H groups in total. The van der Waals surface area contributed by atoms with Crippen LogP contribution in [0.15, 0.2) is 0 Å². The quantitative estimate of drug-likeness (QED) is 0.483. The Morgan fingerprint density at radius 3 is 0.500 bits per heavy atom. The molecule has 0 heterocycles. The Morgan fingerprint density at radius 2 is 0.500 bits per heavy atom. The van der Waals surface area contributed by atoms with Gasteiger partial charge in [-0.3, -0.25) is 0 Å². The molecule has 0 unspecified atom stereocenters. The first-order chi connectivity index (χ1) is 0. The molecule has 0 aromatic rings. The van der Waals surface area contributed by atoms with Gasteiger partial charge in [0.05, 0.1) is 0 Å². The van der Waals surface area contributed by atoms with Crippen LogP contribution in [0, 0.1) is 0 Å². The van der Waals surface area contributed by atoms with E-state index in [0.717, 1.165) is 0 Å². The van der Waals surface area contributed by atoms with E-state index in [2.05, 4.69) is 0 Å². The van der Waals surface area contributed by atoms with Gasteiger partial charge in [0.25, 0.3) is 0 Å². The summed E-state index contributed by atoms with van der Waals surface area (Å²) in [5.41, 5.74) is 0. The first-order valence-electron chi connectivity index (χ1n) is 0. The minimum absolute atomic E-state index is 0. The van der Waals surface area contributed by atoms with Crippen molar-refractivity contribution >= 4 is 0 Å². The smallest absolute Gasteiger partial charge is 2.00 e. The molecule has 4 nitrogen and oxygen atoms in total. The summed E-state index contributed by atoms with van der Waals surface area (Å²) >= 11 is 0. The zero-order chi connectivity index (χ0) is 0. The summed E-state index contributed by atoms with van der Waals surface area (Å²) in [5.74, 6) is 0. The van der Waals surface area contributed by atoms with Crippen LogP contribution in [-0.2, 0) is 61.4 Å². The number of hydrogen-bond donors (Lipinski definition) is 0. The molecule has 0 rings (SSSR count).